The van der Waals surface area contributed by atoms with E-state index < -0.39 is 0 Å². The number of ketones is 1. The first kappa shape index (κ1) is 14.9. The first-order valence-electron chi connectivity index (χ1n) is 5.78. The van der Waals surface area contributed by atoms with Crippen LogP contribution in [0.1, 0.15) is 9.67 Å². The normalized spacial score (nSPS) is 10.2. The van der Waals surface area contributed by atoms with Gasteiger partial charge in [-0.3, -0.25) is 4.79 Å². The quantitative estimate of drug-likeness (QED) is 0.738. The van der Waals surface area contributed by atoms with E-state index in [-0.39, 0.29) is 12.4 Å². The molecule has 0 unspecified atom stereocenters. The molecule has 0 saturated heterocycles. The summed E-state index contributed by atoms with van der Waals surface area (Å²) in [6.07, 6.45) is 0. The summed E-state index contributed by atoms with van der Waals surface area (Å²) in [5.41, 5.74) is 0. The van der Waals surface area contributed by atoms with E-state index in [0.717, 1.165) is 3.79 Å². The zero-order valence-corrected chi connectivity index (χ0v) is 13.4. The number of hydrogen-bond acceptors (Lipinski definition) is 5. The summed E-state index contributed by atoms with van der Waals surface area (Å²) in [6.45, 7) is -0.0658. The monoisotopic (exact) mass is 356 g/mol. The second-order valence-corrected chi connectivity index (χ2v) is 6.27. The Morgan fingerprint density at radius 2 is 1.80 bits per heavy atom. The van der Waals surface area contributed by atoms with Crippen LogP contribution in [0.2, 0.25) is 0 Å². The maximum atomic E-state index is 12.0. The number of Topliss-reactive ketones (excluding diaryl/α,β-unsaturated/α-hetero) is 1. The van der Waals surface area contributed by atoms with E-state index in [1.54, 1.807) is 38.5 Å². The molecule has 6 heteroatoms. The van der Waals surface area contributed by atoms with Crippen LogP contribution in [0.5, 0.6) is 17.2 Å². The minimum atomic E-state index is -0.0892. The number of ether oxygens (including phenoxy) is 3. The summed E-state index contributed by atoms with van der Waals surface area (Å²) in [6, 6.07) is 8.90. The van der Waals surface area contributed by atoms with Crippen LogP contribution in [-0.2, 0) is 0 Å². The fourth-order valence-electron chi connectivity index (χ4n) is 1.63. The average molecular weight is 357 g/mol. The zero-order chi connectivity index (χ0) is 14.5. The van der Waals surface area contributed by atoms with Crippen LogP contribution in [0.25, 0.3) is 0 Å². The molecule has 20 heavy (non-hydrogen) atoms. The molecule has 4 nitrogen and oxygen atoms in total. The lowest BCUT2D eigenvalue weighted by molar-refractivity contribution is 0.0921. The van der Waals surface area contributed by atoms with Crippen LogP contribution < -0.4 is 14.2 Å². The minimum absolute atomic E-state index is 0.0658. The van der Waals surface area contributed by atoms with Gasteiger partial charge in [-0.1, -0.05) is 6.07 Å². The second kappa shape index (κ2) is 6.76. The van der Waals surface area contributed by atoms with Crippen molar-refractivity contribution < 1.29 is 19.0 Å². The summed E-state index contributed by atoms with van der Waals surface area (Å²) >= 11 is 4.70. The predicted molar refractivity (Wildman–Crippen MR) is 81.4 cm³/mol. The van der Waals surface area contributed by atoms with Crippen molar-refractivity contribution in [3.8, 4) is 17.2 Å². The van der Waals surface area contributed by atoms with E-state index in [1.165, 1.54) is 11.3 Å². The Balaban J connectivity index is 2.12. The van der Waals surface area contributed by atoms with Gasteiger partial charge in [-0.15, -0.1) is 11.3 Å². The van der Waals surface area contributed by atoms with E-state index in [0.29, 0.717) is 22.1 Å². The maximum absolute atomic E-state index is 12.0. The molecule has 0 radical (unpaired) electrons. The highest BCUT2D eigenvalue weighted by molar-refractivity contribution is 9.11. The molecule has 1 aromatic heterocycles. The molecule has 0 bridgehead atoms. The van der Waals surface area contributed by atoms with Gasteiger partial charge in [0.15, 0.2) is 18.1 Å². The number of benzene rings is 1. The Kier molecular flexibility index (Phi) is 5.03. The number of methoxy groups -OCH3 is 2. The van der Waals surface area contributed by atoms with Crippen LogP contribution in [0, 0.1) is 0 Å². The molecule has 106 valence electrons. The lowest BCUT2D eigenvalue weighted by atomic mass is 10.3. The molecule has 0 aliphatic rings. The van der Waals surface area contributed by atoms with Crippen LogP contribution >= 0.6 is 27.3 Å². The molecule has 0 atom stereocenters. The lowest BCUT2D eigenvalue weighted by Crippen LogP contribution is -2.11. The number of rotatable bonds is 6. The Labute approximate surface area is 129 Å². The van der Waals surface area contributed by atoms with E-state index in [9.17, 15) is 4.79 Å². The molecule has 1 heterocycles. The van der Waals surface area contributed by atoms with Gasteiger partial charge in [0.1, 0.15) is 0 Å². The average Bonchev–Trinajstić information content (AvgIpc) is 2.90. The van der Waals surface area contributed by atoms with Crippen LogP contribution in [-0.4, -0.2) is 26.6 Å². The predicted octanol–water partition coefficient (Wildman–Crippen LogP) is 3.79. The van der Waals surface area contributed by atoms with Crippen LogP contribution in [0.15, 0.2) is 34.1 Å². The molecule has 1 aromatic carbocycles. The smallest absolute Gasteiger partial charge is 0.210 e. The van der Waals surface area contributed by atoms with Crippen molar-refractivity contribution >= 4 is 33.0 Å². The van der Waals surface area contributed by atoms with E-state index in [1.807, 2.05) is 6.07 Å². The van der Waals surface area contributed by atoms with Gasteiger partial charge in [-0.05, 0) is 40.2 Å². The number of halogens is 1. The Bertz CT molecular complexity index is 587. The lowest BCUT2D eigenvalue weighted by Gasteiger charge is -2.13. The number of para-hydroxylation sites is 1. The first-order valence-corrected chi connectivity index (χ1v) is 7.39. The summed E-state index contributed by atoms with van der Waals surface area (Å²) in [5, 5.41) is 0. The molecule has 0 aliphatic heterocycles. The van der Waals surface area contributed by atoms with E-state index in [2.05, 4.69) is 15.9 Å². The largest absolute Gasteiger partial charge is 0.493 e. The van der Waals surface area contributed by atoms with Crippen molar-refractivity contribution in [3.63, 3.8) is 0 Å². The van der Waals surface area contributed by atoms with E-state index >= 15 is 0 Å². The topological polar surface area (TPSA) is 44.8 Å². The van der Waals surface area contributed by atoms with Crippen molar-refractivity contribution in [2.75, 3.05) is 20.8 Å². The van der Waals surface area contributed by atoms with Gasteiger partial charge >= 0.3 is 0 Å². The third kappa shape index (κ3) is 3.32. The maximum Gasteiger partial charge on any atom is 0.210 e. The summed E-state index contributed by atoms with van der Waals surface area (Å²) in [4.78, 5) is 12.7. The minimum Gasteiger partial charge on any atom is -0.493 e. The Hall–Kier alpha value is -1.53. The zero-order valence-electron chi connectivity index (χ0n) is 11.0. The van der Waals surface area contributed by atoms with Gasteiger partial charge in [0.25, 0.3) is 0 Å². The van der Waals surface area contributed by atoms with Crippen molar-refractivity contribution in [2.24, 2.45) is 0 Å². The highest BCUT2D eigenvalue weighted by atomic mass is 79.9. The Morgan fingerprint density at radius 1 is 1.15 bits per heavy atom. The first-order chi connectivity index (χ1) is 9.65. The molecule has 2 rings (SSSR count). The fraction of sp³-hybridized carbons (Fsp3) is 0.214. The third-order valence-corrected chi connectivity index (χ3v) is 4.24. The number of hydrogen-bond donors (Lipinski definition) is 0. The molecular weight excluding hydrogens is 344 g/mol. The fourth-order valence-corrected chi connectivity index (χ4v) is 2.94. The molecular formula is C14H13BrO4S. The molecule has 0 fully saturated rings. The van der Waals surface area contributed by atoms with Gasteiger partial charge in [-0.2, -0.15) is 0 Å². The second-order valence-electron chi connectivity index (χ2n) is 3.81. The van der Waals surface area contributed by atoms with Crippen molar-refractivity contribution in [1.29, 1.82) is 0 Å². The summed E-state index contributed by atoms with van der Waals surface area (Å²) < 4.78 is 16.9. The highest BCUT2D eigenvalue weighted by Gasteiger charge is 2.15. The SMILES string of the molecule is COc1cccc(OC)c1OCC(=O)c1ccc(Br)s1. The molecule has 0 aliphatic carbocycles. The van der Waals surface area contributed by atoms with Crippen molar-refractivity contribution in [3.05, 3.63) is 39.0 Å². The molecule has 2 aromatic rings. The van der Waals surface area contributed by atoms with Crippen LogP contribution in [0.3, 0.4) is 0 Å². The van der Waals surface area contributed by atoms with Gasteiger partial charge in [-0.25, -0.2) is 0 Å². The molecule has 0 spiro atoms. The van der Waals surface area contributed by atoms with Gasteiger partial charge < -0.3 is 14.2 Å². The third-order valence-electron chi connectivity index (χ3n) is 2.58. The molecule has 0 saturated carbocycles. The van der Waals surface area contributed by atoms with E-state index in [4.69, 9.17) is 14.2 Å². The summed E-state index contributed by atoms with van der Waals surface area (Å²) in [5.74, 6) is 1.41. The molecule has 0 amide bonds. The van der Waals surface area contributed by atoms with Crippen molar-refractivity contribution in [2.45, 2.75) is 0 Å². The number of carbonyl (C=O) groups excluding carboxylic acids is 1. The van der Waals surface area contributed by atoms with Crippen LogP contribution in [0.4, 0.5) is 0 Å². The standard InChI is InChI=1S/C14H13BrO4S/c1-17-10-4-3-5-11(18-2)14(10)19-8-9(16)12-6-7-13(15)20-12/h3-7H,8H2,1-2H3. The number of carbonyl (C=O) groups is 1. The Morgan fingerprint density at radius 3 is 2.30 bits per heavy atom. The molecule has 0 N–H and O–H groups in total. The van der Waals surface area contributed by atoms with Gasteiger partial charge in [0, 0.05) is 0 Å². The van der Waals surface area contributed by atoms with Crippen molar-refractivity contribution in [1.82, 2.24) is 0 Å². The van der Waals surface area contributed by atoms with Gasteiger partial charge in [0.05, 0.1) is 22.9 Å². The van der Waals surface area contributed by atoms with Gasteiger partial charge in [0.2, 0.25) is 11.5 Å². The summed E-state index contributed by atoms with van der Waals surface area (Å²) in [7, 11) is 3.08. The number of thiophene rings is 1. The highest BCUT2D eigenvalue weighted by Crippen LogP contribution is 2.36.